The number of nitrogens with zero attached hydrogens (tertiary/aromatic N) is 1. The zero-order valence-corrected chi connectivity index (χ0v) is 49.3. The number of nitrogens with one attached hydrogen (secondary N) is 1. The van der Waals surface area contributed by atoms with Crippen LogP contribution in [-0.4, -0.2) is 73.4 Å². The zero-order chi connectivity index (χ0) is 53.5. The number of allylic oxidation sites excluding steroid dienone is 14. The molecule has 0 aromatic carbocycles. The highest BCUT2D eigenvalue weighted by molar-refractivity contribution is 7.47. The molecule has 3 unspecified atom stereocenters. The van der Waals surface area contributed by atoms with E-state index in [2.05, 4.69) is 104 Å². The van der Waals surface area contributed by atoms with Crippen LogP contribution in [-0.2, 0) is 18.4 Å². The Bertz CT molecular complexity index is 1460. The Balaban J connectivity index is 3.86. The first-order valence-corrected chi connectivity index (χ1v) is 31.9. The van der Waals surface area contributed by atoms with Crippen LogP contribution in [0.1, 0.15) is 264 Å². The lowest BCUT2D eigenvalue weighted by atomic mass is 10.0. The molecular weight excluding hydrogens is 924 g/mol. The van der Waals surface area contributed by atoms with Gasteiger partial charge >= 0.3 is 7.82 Å². The number of phosphoric acid groups is 1. The van der Waals surface area contributed by atoms with E-state index >= 15 is 0 Å². The SMILES string of the molecule is CC/C=C\C/C=C\C/C=C\C/C=C\C/C=C\C/C=C\C/C=C\CCCCCCCCCCCCCCCCCCCCCC(=O)NC(COP(=O)(O)OCC[N+](C)(C)C)C(O)CCCCCCCCCCCC. The zero-order valence-electron chi connectivity index (χ0n) is 48.4. The van der Waals surface area contributed by atoms with Crippen molar-refractivity contribution in [3.8, 4) is 0 Å². The summed E-state index contributed by atoms with van der Waals surface area (Å²) >= 11 is 0. The minimum atomic E-state index is -4.32. The van der Waals surface area contributed by atoms with Gasteiger partial charge in [-0.1, -0.05) is 272 Å². The molecule has 0 saturated carbocycles. The molecule has 0 radical (unpaired) electrons. The third-order valence-corrected chi connectivity index (χ3v) is 14.4. The topological polar surface area (TPSA) is 105 Å². The summed E-state index contributed by atoms with van der Waals surface area (Å²) in [6, 6.07) is -0.760. The smallest absolute Gasteiger partial charge is 0.391 e. The van der Waals surface area contributed by atoms with Gasteiger partial charge in [0, 0.05) is 6.42 Å². The van der Waals surface area contributed by atoms with Gasteiger partial charge in [-0.3, -0.25) is 13.8 Å². The van der Waals surface area contributed by atoms with Crippen molar-refractivity contribution in [2.75, 3.05) is 40.9 Å². The minimum absolute atomic E-state index is 0.0738. The van der Waals surface area contributed by atoms with Crippen LogP contribution in [0, 0.1) is 0 Å². The summed E-state index contributed by atoms with van der Waals surface area (Å²) in [6.07, 6.45) is 76.7. The Kier molecular flexibility index (Phi) is 52.7. The van der Waals surface area contributed by atoms with Crippen molar-refractivity contribution in [2.24, 2.45) is 0 Å². The predicted molar refractivity (Wildman–Crippen MR) is 318 cm³/mol. The number of unbranched alkanes of at least 4 members (excludes halogenated alkanes) is 28. The van der Waals surface area contributed by atoms with Crippen LogP contribution in [0.4, 0.5) is 0 Å². The molecule has 0 fully saturated rings. The molecule has 3 atom stereocenters. The molecule has 73 heavy (non-hydrogen) atoms. The highest BCUT2D eigenvalue weighted by Gasteiger charge is 2.28. The monoisotopic (exact) mass is 1040 g/mol. The second-order valence-corrected chi connectivity index (χ2v) is 23.2. The fourth-order valence-electron chi connectivity index (χ4n) is 8.68. The Morgan fingerprint density at radius 2 is 0.822 bits per heavy atom. The maximum absolute atomic E-state index is 13.0. The number of carbonyl (C=O) groups is 1. The molecule has 424 valence electrons. The van der Waals surface area contributed by atoms with Crippen molar-refractivity contribution >= 4 is 13.7 Å². The van der Waals surface area contributed by atoms with Gasteiger partial charge in [0.05, 0.1) is 39.9 Å². The summed E-state index contributed by atoms with van der Waals surface area (Å²) in [6.45, 7) is 4.76. The summed E-state index contributed by atoms with van der Waals surface area (Å²) in [5.41, 5.74) is 0. The first-order valence-electron chi connectivity index (χ1n) is 30.5. The first-order chi connectivity index (χ1) is 35.5. The highest BCUT2D eigenvalue weighted by Crippen LogP contribution is 2.43. The van der Waals surface area contributed by atoms with Crippen LogP contribution in [0.15, 0.2) is 85.1 Å². The maximum Gasteiger partial charge on any atom is 0.472 e. The van der Waals surface area contributed by atoms with E-state index in [0.717, 1.165) is 83.5 Å². The van der Waals surface area contributed by atoms with E-state index in [9.17, 15) is 19.4 Å². The molecule has 0 aromatic rings. The summed E-state index contributed by atoms with van der Waals surface area (Å²) in [4.78, 5) is 23.2. The van der Waals surface area contributed by atoms with Crippen molar-refractivity contribution in [1.82, 2.24) is 5.32 Å². The predicted octanol–water partition coefficient (Wildman–Crippen LogP) is 18.8. The average Bonchev–Trinajstić information content (AvgIpc) is 3.35. The van der Waals surface area contributed by atoms with E-state index in [-0.39, 0.29) is 19.1 Å². The van der Waals surface area contributed by atoms with Crippen molar-refractivity contribution in [2.45, 2.75) is 276 Å². The van der Waals surface area contributed by atoms with E-state index in [1.807, 2.05) is 21.1 Å². The molecule has 0 aliphatic rings. The lowest BCUT2D eigenvalue weighted by Crippen LogP contribution is -2.46. The van der Waals surface area contributed by atoms with Crippen LogP contribution in [0.3, 0.4) is 0 Å². The normalized spacial score (nSPS) is 14.5. The number of hydrogen-bond donors (Lipinski definition) is 3. The Hall–Kier alpha value is -2.32. The molecule has 0 rings (SSSR count). The fourth-order valence-corrected chi connectivity index (χ4v) is 9.41. The maximum atomic E-state index is 13.0. The van der Waals surface area contributed by atoms with E-state index < -0.39 is 20.0 Å². The van der Waals surface area contributed by atoms with Crippen LogP contribution >= 0.6 is 7.82 Å². The molecular formula is C64H118N2O6P+. The summed E-state index contributed by atoms with van der Waals surface area (Å²) in [7, 11) is 1.62. The number of aliphatic hydroxyl groups excluding tert-OH is 1. The third-order valence-electron chi connectivity index (χ3n) is 13.4. The Morgan fingerprint density at radius 1 is 0.479 bits per heavy atom. The van der Waals surface area contributed by atoms with Gasteiger partial charge in [0.2, 0.25) is 5.91 Å². The van der Waals surface area contributed by atoms with Gasteiger partial charge in [-0.25, -0.2) is 4.57 Å². The summed E-state index contributed by atoms with van der Waals surface area (Å²) in [5.74, 6) is -0.145. The van der Waals surface area contributed by atoms with Crippen LogP contribution in [0.25, 0.3) is 0 Å². The number of amides is 1. The number of likely N-dealkylation sites (N-methyl/N-ethyl adjacent to an activating group) is 1. The second-order valence-electron chi connectivity index (χ2n) is 21.7. The molecule has 0 spiro atoms. The van der Waals surface area contributed by atoms with Gasteiger partial charge in [0.25, 0.3) is 0 Å². The van der Waals surface area contributed by atoms with E-state index in [1.54, 1.807) is 0 Å². The molecule has 0 aliphatic heterocycles. The molecule has 3 N–H and O–H groups in total. The molecule has 1 amide bonds. The molecule has 0 heterocycles. The van der Waals surface area contributed by atoms with Gasteiger partial charge in [-0.05, 0) is 70.6 Å². The molecule has 0 aliphatic carbocycles. The van der Waals surface area contributed by atoms with Crippen molar-refractivity contribution in [3.63, 3.8) is 0 Å². The summed E-state index contributed by atoms with van der Waals surface area (Å²) < 4.78 is 23.7. The highest BCUT2D eigenvalue weighted by atomic mass is 31.2. The third kappa shape index (κ3) is 57.2. The second kappa shape index (κ2) is 54.5. The van der Waals surface area contributed by atoms with Crippen molar-refractivity contribution in [3.05, 3.63) is 85.1 Å². The van der Waals surface area contributed by atoms with Crippen LogP contribution in [0.2, 0.25) is 0 Å². The van der Waals surface area contributed by atoms with Gasteiger partial charge in [-0.2, -0.15) is 0 Å². The number of carbonyl (C=O) groups excluding carboxylic acids is 1. The first kappa shape index (κ1) is 70.7. The lowest BCUT2D eigenvalue weighted by molar-refractivity contribution is -0.870. The van der Waals surface area contributed by atoms with Gasteiger partial charge in [-0.15, -0.1) is 0 Å². The summed E-state index contributed by atoms with van der Waals surface area (Å²) in [5, 5.41) is 14.0. The number of phosphoric ester groups is 1. The largest absolute Gasteiger partial charge is 0.472 e. The van der Waals surface area contributed by atoms with Crippen LogP contribution in [0.5, 0.6) is 0 Å². The number of quaternary nitrogens is 1. The van der Waals surface area contributed by atoms with Crippen molar-refractivity contribution < 1.29 is 32.9 Å². The molecule has 8 nitrogen and oxygen atoms in total. The van der Waals surface area contributed by atoms with E-state index in [1.165, 1.54) is 154 Å². The quantitative estimate of drug-likeness (QED) is 0.0243. The Labute approximate surface area is 452 Å². The van der Waals surface area contributed by atoms with Gasteiger partial charge in [0.15, 0.2) is 0 Å². The van der Waals surface area contributed by atoms with E-state index in [0.29, 0.717) is 23.9 Å². The molecule has 0 bridgehead atoms. The number of rotatable bonds is 55. The Morgan fingerprint density at radius 3 is 1.21 bits per heavy atom. The number of hydrogen-bond acceptors (Lipinski definition) is 5. The molecule has 0 aromatic heterocycles. The average molecular weight is 1040 g/mol. The van der Waals surface area contributed by atoms with Crippen LogP contribution < -0.4 is 5.32 Å². The fraction of sp³-hybridized carbons (Fsp3) is 0.766. The standard InChI is InChI=1S/C64H117N2O6P/c1-6-8-10-12-14-16-18-19-20-21-22-23-24-25-26-27-28-29-30-31-32-33-34-35-36-37-38-39-40-41-42-43-44-45-46-47-48-50-52-54-56-58-64(68)65-62(61-72-73(69,70)71-60-59-66(3,4)5)63(67)57-55-53-51-49-17-15-13-11-9-7-2/h8,10,14,16,19-20,22-23,25-26,28-29,31-32,62-63,67H,6-7,9,11-13,15,17-18,21,24,27,30,33-61H2,1-5H3,(H-,65,68,69,70)/p+1/b10-8-,16-14-,20-19-,23-22-,26-25-,29-28-,32-31-. The lowest BCUT2D eigenvalue weighted by Gasteiger charge is -2.26. The van der Waals surface area contributed by atoms with Crippen molar-refractivity contribution in [1.29, 1.82) is 0 Å². The van der Waals surface area contributed by atoms with Gasteiger partial charge < -0.3 is 19.8 Å². The molecule has 0 saturated heterocycles. The number of aliphatic hydroxyl groups is 1. The van der Waals surface area contributed by atoms with E-state index in [4.69, 9.17) is 9.05 Å². The minimum Gasteiger partial charge on any atom is -0.391 e. The molecule has 9 heteroatoms. The van der Waals surface area contributed by atoms with Gasteiger partial charge in [0.1, 0.15) is 13.2 Å².